The first-order valence-corrected chi connectivity index (χ1v) is 11.0. The molecule has 1 aliphatic heterocycles. The summed E-state index contributed by atoms with van der Waals surface area (Å²) in [6.45, 7) is 2.62. The van der Waals surface area contributed by atoms with Crippen LogP contribution in [0.15, 0.2) is 60.6 Å². The van der Waals surface area contributed by atoms with Crippen molar-refractivity contribution < 1.29 is 14.6 Å². The Morgan fingerprint density at radius 3 is 2.81 bits per heavy atom. The minimum atomic E-state index is -0.632. The normalized spacial score (nSPS) is 21.8. The van der Waals surface area contributed by atoms with Gasteiger partial charge in [-0.3, -0.25) is 4.79 Å². The number of imidazole rings is 1. The Morgan fingerprint density at radius 1 is 1.22 bits per heavy atom. The summed E-state index contributed by atoms with van der Waals surface area (Å²) in [6, 6.07) is 13.6. The molecule has 0 unspecified atom stereocenters. The van der Waals surface area contributed by atoms with Gasteiger partial charge in [0.05, 0.1) is 37.0 Å². The third-order valence-corrected chi connectivity index (χ3v) is 6.48. The fraction of sp³-hybridized carbons (Fsp3) is 0.308. The number of carbonyl (C=O) groups is 1. The molecule has 2 heterocycles. The lowest BCUT2D eigenvalue weighted by Gasteiger charge is -2.35. The molecule has 1 aromatic heterocycles. The third kappa shape index (κ3) is 3.60. The number of hydrogen-bond donors (Lipinski definition) is 1. The van der Waals surface area contributed by atoms with Crippen molar-refractivity contribution in [1.82, 2.24) is 14.5 Å². The van der Waals surface area contributed by atoms with E-state index in [2.05, 4.69) is 4.98 Å². The highest BCUT2D eigenvalue weighted by atomic mass is 16.5. The van der Waals surface area contributed by atoms with Crippen molar-refractivity contribution in [3.63, 3.8) is 0 Å². The molecule has 1 N–H and O–H groups in total. The summed E-state index contributed by atoms with van der Waals surface area (Å²) >= 11 is 0. The minimum absolute atomic E-state index is 0.0152. The van der Waals surface area contributed by atoms with Crippen LogP contribution in [0, 0.1) is 6.92 Å². The standard InChI is InChI=1S/C26H27N3O3/c1-17-15-28(16-27-17)22-10-9-18(13-24(22)32-2)12-20-7-5-11-29(26(20)31)23-14-19-6-3-4-8-21(19)25(23)30/h3-4,6,8-10,12-13,15-16,23,25,30H,5,7,11,14H2,1-2H3/b20-12+/t23-,25+/m0/s1. The highest BCUT2D eigenvalue weighted by Crippen LogP contribution is 2.37. The number of ether oxygens (including phenoxy) is 1. The fourth-order valence-corrected chi connectivity index (χ4v) is 4.87. The summed E-state index contributed by atoms with van der Waals surface area (Å²) in [5, 5.41) is 10.9. The summed E-state index contributed by atoms with van der Waals surface area (Å²) < 4.78 is 7.54. The molecule has 32 heavy (non-hydrogen) atoms. The molecule has 3 aromatic rings. The number of aryl methyl sites for hydroxylation is 1. The van der Waals surface area contributed by atoms with E-state index in [0.717, 1.165) is 52.2 Å². The number of rotatable bonds is 4. The predicted molar refractivity (Wildman–Crippen MR) is 123 cm³/mol. The molecule has 2 aromatic carbocycles. The summed E-state index contributed by atoms with van der Waals surface area (Å²) in [5.41, 5.74) is 5.59. The molecule has 2 aliphatic rings. The Hall–Kier alpha value is -3.38. The second kappa shape index (κ2) is 8.28. The van der Waals surface area contributed by atoms with E-state index in [4.69, 9.17) is 4.74 Å². The van der Waals surface area contributed by atoms with Gasteiger partial charge in [-0.05, 0) is 61.1 Å². The van der Waals surface area contributed by atoms with Gasteiger partial charge < -0.3 is 19.3 Å². The van der Waals surface area contributed by atoms with Crippen molar-refractivity contribution in [2.45, 2.75) is 38.3 Å². The maximum absolute atomic E-state index is 13.4. The van der Waals surface area contributed by atoms with E-state index < -0.39 is 6.10 Å². The average Bonchev–Trinajstić information content (AvgIpc) is 3.38. The van der Waals surface area contributed by atoms with Crippen molar-refractivity contribution in [1.29, 1.82) is 0 Å². The maximum atomic E-state index is 13.4. The SMILES string of the molecule is COc1cc(/C=C2\CCCN([C@H]3Cc4ccccc4[C@H]3O)C2=O)ccc1-n1cnc(C)c1. The molecule has 164 valence electrons. The van der Waals surface area contributed by atoms with Crippen LogP contribution in [0.1, 0.15) is 41.3 Å². The Bertz CT molecular complexity index is 1200. The summed E-state index contributed by atoms with van der Waals surface area (Å²) in [6.07, 6.45) is 7.35. The number of aliphatic hydroxyl groups excluding tert-OH is 1. The largest absolute Gasteiger partial charge is 0.495 e. The van der Waals surface area contributed by atoms with E-state index in [1.165, 1.54) is 0 Å². The van der Waals surface area contributed by atoms with Crippen molar-refractivity contribution in [3.05, 3.63) is 82.9 Å². The van der Waals surface area contributed by atoms with Gasteiger partial charge in [-0.25, -0.2) is 4.98 Å². The minimum Gasteiger partial charge on any atom is -0.495 e. The molecule has 2 atom stereocenters. The second-order valence-corrected chi connectivity index (χ2v) is 8.54. The van der Waals surface area contributed by atoms with Crippen LogP contribution in [0.4, 0.5) is 0 Å². The molecular weight excluding hydrogens is 402 g/mol. The fourth-order valence-electron chi connectivity index (χ4n) is 4.87. The molecule has 1 fully saturated rings. The van der Waals surface area contributed by atoms with Crippen LogP contribution < -0.4 is 4.74 Å². The van der Waals surface area contributed by atoms with Crippen LogP contribution in [0.5, 0.6) is 5.75 Å². The Balaban J connectivity index is 1.40. The Kier molecular flexibility index (Phi) is 5.31. The lowest BCUT2D eigenvalue weighted by Crippen LogP contribution is -2.46. The number of hydrogen-bond acceptors (Lipinski definition) is 4. The van der Waals surface area contributed by atoms with E-state index in [1.54, 1.807) is 13.4 Å². The van der Waals surface area contributed by atoms with Gasteiger partial charge in [-0.15, -0.1) is 0 Å². The summed E-state index contributed by atoms with van der Waals surface area (Å²) in [5.74, 6) is 0.736. The monoisotopic (exact) mass is 429 g/mol. The first-order chi connectivity index (χ1) is 15.5. The lowest BCUT2D eigenvalue weighted by molar-refractivity contribution is -0.133. The molecule has 1 aliphatic carbocycles. The van der Waals surface area contributed by atoms with Gasteiger partial charge in [-0.2, -0.15) is 0 Å². The summed E-state index contributed by atoms with van der Waals surface area (Å²) in [4.78, 5) is 19.5. The van der Waals surface area contributed by atoms with Crippen molar-refractivity contribution >= 4 is 12.0 Å². The first kappa shape index (κ1) is 20.5. The van der Waals surface area contributed by atoms with Crippen LogP contribution in [-0.4, -0.2) is 45.2 Å². The molecule has 1 amide bonds. The molecule has 1 saturated heterocycles. The molecule has 6 nitrogen and oxygen atoms in total. The van der Waals surface area contributed by atoms with E-state index in [1.807, 2.05) is 71.1 Å². The van der Waals surface area contributed by atoms with Gasteiger partial charge in [0.2, 0.25) is 5.91 Å². The molecule has 0 bridgehead atoms. The van der Waals surface area contributed by atoms with Crippen molar-refractivity contribution in [2.24, 2.45) is 0 Å². The van der Waals surface area contributed by atoms with Crippen LogP contribution in [0.3, 0.4) is 0 Å². The highest BCUT2D eigenvalue weighted by Gasteiger charge is 2.39. The van der Waals surface area contributed by atoms with Gasteiger partial charge in [0.15, 0.2) is 0 Å². The predicted octanol–water partition coefficient (Wildman–Crippen LogP) is 3.85. The number of aliphatic hydroxyl groups is 1. The topological polar surface area (TPSA) is 67.6 Å². The van der Waals surface area contributed by atoms with Gasteiger partial charge in [0.1, 0.15) is 5.75 Å². The number of methoxy groups -OCH3 is 1. The zero-order valence-electron chi connectivity index (χ0n) is 18.4. The van der Waals surface area contributed by atoms with Gasteiger partial charge in [0, 0.05) is 18.3 Å². The third-order valence-electron chi connectivity index (χ3n) is 6.48. The number of nitrogens with zero attached hydrogens (tertiary/aromatic N) is 3. The number of likely N-dealkylation sites (tertiary alicyclic amines) is 1. The number of amides is 1. The second-order valence-electron chi connectivity index (χ2n) is 8.54. The molecule has 0 saturated carbocycles. The van der Waals surface area contributed by atoms with Crippen molar-refractivity contribution in [2.75, 3.05) is 13.7 Å². The van der Waals surface area contributed by atoms with Crippen LogP contribution in [0.2, 0.25) is 0 Å². The molecule has 6 heteroatoms. The van der Waals surface area contributed by atoms with Gasteiger partial charge in [0.25, 0.3) is 0 Å². The van der Waals surface area contributed by atoms with Crippen molar-refractivity contribution in [3.8, 4) is 11.4 Å². The molecular formula is C26H27N3O3. The Labute approximate surface area is 187 Å². The van der Waals surface area contributed by atoms with Crippen LogP contribution in [0.25, 0.3) is 11.8 Å². The smallest absolute Gasteiger partial charge is 0.250 e. The van der Waals surface area contributed by atoms with Gasteiger partial charge >= 0.3 is 0 Å². The summed E-state index contributed by atoms with van der Waals surface area (Å²) in [7, 11) is 1.65. The first-order valence-electron chi connectivity index (χ1n) is 11.0. The quantitative estimate of drug-likeness (QED) is 0.640. The van der Waals surface area contributed by atoms with E-state index in [0.29, 0.717) is 13.0 Å². The Morgan fingerprint density at radius 2 is 2.06 bits per heavy atom. The molecule has 0 spiro atoms. The van der Waals surface area contributed by atoms with Crippen LogP contribution >= 0.6 is 0 Å². The number of fused-ring (bicyclic) bond motifs is 1. The highest BCUT2D eigenvalue weighted by molar-refractivity contribution is 5.99. The van der Waals surface area contributed by atoms with E-state index in [-0.39, 0.29) is 11.9 Å². The number of benzene rings is 2. The van der Waals surface area contributed by atoms with E-state index >= 15 is 0 Å². The average molecular weight is 430 g/mol. The van der Waals surface area contributed by atoms with Crippen LogP contribution in [-0.2, 0) is 11.2 Å². The lowest BCUT2D eigenvalue weighted by atomic mass is 9.97. The zero-order valence-corrected chi connectivity index (χ0v) is 18.4. The number of piperidine rings is 1. The van der Waals surface area contributed by atoms with E-state index in [9.17, 15) is 9.90 Å². The number of aromatic nitrogens is 2. The number of carbonyl (C=O) groups excluding carboxylic acids is 1. The molecule has 0 radical (unpaired) electrons. The maximum Gasteiger partial charge on any atom is 0.250 e. The molecule has 5 rings (SSSR count). The zero-order chi connectivity index (χ0) is 22.2. The van der Waals surface area contributed by atoms with Gasteiger partial charge in [-0.1, -0.05) is 30.3 Å².